The Hall–Kier alpha value is -2.51. The van der Waals surface area contributed by atoms with Crippen LogP contribution in [0.5, 0.6) is 0 Å². The molecule has 4 aromatic rings. The molecule has 0 unspecified atom stereocenters. The van der Waals surface area contributed by atoms with Gasteiger partial charge in [-0.1, -0.05) is 0 Å². The highest BCUT2D eigenvalue weighted by molar-refractivity contribution is 7.17. The van der Waals surface area contributed by atoms with Crippen molar-refractivity contribution in [2.75, 3.05) is 5.32 Å². The second kappa shape index (κ2) is 5.85. The Morgan fingerprint density at radius 1 is 1.21 bits per heavy atom. The summed E-state index contributed by atoms with van der Waals surface area (Å²) in [6.45, 7) is 3.65. The molecule has 0 spiro atoms. The van der Waals surface area contributed by atoms with E-state index >= 15 is 0 Å². The Kier molecular flexibility index (Phi) is 3.66. The number of nitrogens with zero attached hydrogens (tertiary/aromatic N) is 2. The summed E-state index contributed by atoms with van der Waals surface area (Å²) < 4.78 is 5.45. The molecule has 0 saturated heterocycles. The molecule has 0 atom stereocenters. The normalized spacial score (nSPS) is 11.1. The molecule has 0 aliphatic heterocycles. The van der Waals surface area contributed by atoms with E-state index in [9.17, 15) is 4.79 Å². The molecule has 5 nitrogen and oxygen atoms in total. The van der Waals surface area contributed by atoms with E-state index in [1.54, 1.807) is 36.5 Å². The minimum Gasteiger partial charge on any atom is -0.441 e. The van der Waals surface area contributed by atoms with E-state index in [2.05, 4.69) is 15.3 Å². The Labute approximate surface area is 146 Å². The number of hydrogen-bond acceptors (Lipinski definition) is 6. The minimum atomic E-state index is -0.161. The number of thiophene rings is 1. The van der Waals surface area contributed by atoms with Crippen LogP contribution in [0.2, 0.25) is 0 Å². The number of aryl methyl sites for hydroxylation is 2. The number of rotatable bonds is 3. The van der Waals surface area contributed by atoms with E-state index in [0.717, 1.165) is 21.8 Å². The fraction of sp³-hybridized carbons (Fsp3) is 0.118. The van der Waals surface area contributed by atoms with E-state index in [-0.39, 0.29) is 5.91 Å². The molecule has 7 heteroatoms. The Balaban J connectivity index is 1.61. The zero-order valence-electron chi connectivity index (χ0n) is 13.0. The maximum absolute atomic E-state index is 12.6. The molecule has 1 N–H and O–H groups in total. The number of carbonyl (C=O) groups is 1. The van der Waals surface area contributed by atoms with Crippen LogP contribution < -0.4 is 5.32 Å². The van der Waals surface area contributed by atoms with E-state index in [1.807, 2.05) is 23.8 Å². The van der Waals surface area contributed by atoms with Gasteiger partial charge in [-0.2, -0.15) is 11.3 Å². The second-order valence-electron chi connectivity index (χ2n) is 5.32. The van der Waals surface area contributed by atoms with Gasteiger partial charge >= 0.3 is 0 Å². The maximum atomic E-state index is 12.6. The quantitative estimate of drug-likeness (QED) is 0.568. The number of hydrogen-bond donors (Lipinski definition) is 1. The van der Waals surface area contributed by atoms with Crippen LogP contribution in [0.25, 0.3) is 21.7 Å². The molecule has 24 heavy (non-hydrogen) atoms. The van der Waals surface area contributed by atoms with Crippen molar-refractivity contribution in [3.8, 4) is 10.6 Å². The zero-order chi connectivity index (χ0) is 16.7. The summed E-state index contributed by atoms with van der Waals surface area (Å²) in [5, 5.41) is 7.80. The molecule has 3 heterocycles. The summed E-state index contributed by atoms with van der Waals surface area (Å²) in [6, 6.07) is 7.42. The van der Waals surface area contributed by atoms with Crippen LogP contribution in [-0.2, 0) is 0 Å². The van der Waals surface area contributed by atoms with E-state index in [0.29, 0.717) is 22.0 Å². The third-order valence-corrected chi connectivity index (χ3v) is 5.41. The number of carbonyl (C=O) groups excluding carboxylic acids is 1. The molecule has 0 aliphatic rings. The first kappa shape index (κ1) is 15.0. The summed E-state index contributed by atoms with van der Waals surface area (Å²) in [4.78, 5) is 22.0. The van der Waals surface area contributed by atoms with E-state index in [1.165, 1.54) is 11.3 Å². The van der Waals surface area contributed by atoms with Gasteiger partial charge in [0.15, 0.2) is 11.5 Å². The van der Waals surface area contributed by atoms with Crippen molar-refractivity contribution in [2.24, 2.45) is 0 Å². The van der Waals surface area contributed by atoms with Crippen molar-refractivity contribution in [2.45, 2.75) is 13.8 Å². The number of nitrogens with one attached hydrogen (secondary N) is 1. The van der Waals surface area contributed by atoms with Crippen LogP contribution in [-0.4, -0.2) is 15.9 Å². The predicted molar refractivity (Wildman–Crippen MR) is 96.9 cm³/mol. The lowest BCUT2D eigenvalue weighted by atomic mass is 10.2. The topological polar surface area (TPSA) is 68.0 Å². The molecule has 0 saturated carbocycles. The molecule has 0 radical (unpaired) electrons. The van der Waals surface area contributed by atoms with Gasteiger partial charge in [0.05, 0.1) is 5.69 Å². The van der Waals surface area contributed by atoms with Crippen molar-refractivity contribution in [3.63, 3.8) is 0 Å². The van der Waals surface area contributed by atoms with Gasteiger partial charge in [0.1, 0.15) is 15.4 Å². The van der Waals surface area contributed by atoms with Gasteiger partial charge < -0.3 is 9.73 Å². The number of fused-ring (bicyclic) bond motifs is 1. The van der Waals surface area contributed by atoms with Crippen molar-refractivity contribution < 1.29 is 9.21 Å². The zero-order valence-corrected chi connectivity index (χ0v) is 14.6. The lowest BCUT2D eigenvalue weighted by Crippen LogP contribution is -2.11. The Bertz CT molecular complexity index is 1030. The predicted octanol–water partition coefficient (Wildman–Crippen LogP) is 4.88. The molecule has 1 amide bonds. The number of benzene rings is 1. The van der Waals surface area contributed by atoms with Gasteiger partial charge in [-0.05, 0) is 36.6 Å². The molecule has 4 rings (SSSR count). The lowest BCUT2D eigenvalue weighted by Gasteiger charge is -2.03. The molecular weight excluding hydrogens is 342 g/mol. The first-order valence-corrected chi connectivity index (χ1v) is 9.04. The Morgan fingerprint density at radius 2 is 2.08 bits per heavy atom. The number of oxazole rings is 1. The van der Waals surface area contributed by atoms with Crippen LogP contribution >= 0.6 is 22.7 Å². The standard InChI is InChI=1S/C17H13N3O2S2/c1-9-15(24-17(18-9)11-5-6-23-8-11)16(21)20-12-3-4-14-13(7-12)19-10(2)22-14/h3-8H,1-2H3,(H,20,21). The van der Waals surface area contributed by atoms with Crippen LogP contribution in [0.4, 0.5) is 5.69 Å². The van der Waals surface area contributed by atoms with E-state index < -0.39 is 0 Å². The number of thiazole rings is 1. The smallest absolute Gasteiger partial charge is 0.267 e. The third-order valence-electron chi connectivity index (χ3n) is 3.52. The first-order chi connectivity index (χ1) is 11.6. The highest BCUT2D eigenvalue weighted by Gasteiger charge is 2.17. The highest BCUT2D eigenvalue weighted by Crippen LogP contribution is 2.30. The Morgan fingerprint density at radius 3 is 2.88 bits per heavy atom. The highest BCUT2D eigenvalue weighted by atomic mass is 32.1. The van der Waals surface area contributed by atoms with Crippen LogP contribution in [0.3, 0.4) is 0 Å². The summed E-state index contributed by atoms with van der Waals surface area (Å²) in [6.07, 6.45) is 0. The largest absolute Gasteiger partial charge is 0.441 e. The van der Waals surface area contributed by atoms with Crippen LogP contribution in [0.1, 0.15) is 21.3 Å². The van der Waals surface area contributed by atoms with Crippen molar-refractivity contribution in [1.29, 1.82) is 0 Å². The second-order valence-corrected chi connectivity index (χ2v) is 7.09. The molecule has 120 valence electrons. The van der Waals surface area contributed by atoms with Crippen LogP contribution in [0.15, 0.2) is 39.4 Å². The minimum absolute atomic E-state index is 0.161. The van der Waals surface area contributed by atoms with Gasteiger partial charge in [-0.15, -0.1) is 11.3 Å². The van der Waals surface area contributed by atoms with Gasteiger partial charge in [-0.25, -0.2) is 9.97 Å². The molecular formula is C17H13N3O2S2. The number of anilines is 1. The monoisotopic (exact) mass is 355 g/mol. The molecule has 0 aliphatic carbocycles. The first-order valence-electron chi connectivity index (χ1n) is 7.29. The summed E-state index contributed by atoms with van der Waals surface area (Å²) in [5.41, 5.74) is 3.90. The molecule has 0 bridgehead atoms. The SMILES string of the molecule is Cc1nc2cc(NC(=O)c3sc(-c4ccsc4)nc3C)ccc2o1. The molecule has 1 aromatic carbocycles. The summed E-state index contributed by atoms with van der Waals surface area (Å²) >= 11 is 3.02. The van der Waals surface area contributed by atoms with Crippen LogP contribution in [0, 0.1) is 13.8 Å². The maximum Gasteiger partial charge on any atom is 0.267 e. The van der Waals surface area contributed by atoms with Gasteiger partial charge in [0, 0.05) is 23.6 Å². The van der Waals surface area contributed by atoms with Crippen molar-refractivity contribution >= 4 is 45.4 Å². The van der Waals surface area contributed by atoms with E-state index in [4.69, 9.17) is 4.42 Å². The summed E-state index contributed by atoms with van der Waals surface area (Å²) in [5.74, 6) is 0.443. The molecule has 3 aromatic heterocycles. The van der Waals surface area contributed by atoms with Gasteiger partial charge in [-0.3, -0.25) is 4.79 Å². The average Bonchev–Trinajstić information content (AvgIpc) is 3.24. The average molecular weight is 355 g/mol. The molecule has 0 fully saturated rings. The van der Waals surface area contributed by atoms with Gasteiger partial charge in [0.2, 0.25) is 0 Å². The summed E-state index contributed by atoms with van der Waals surface area (Å²) in [7, 11) is 0. The van der Waals surface area contributed by atoms with Gasteiger partial charge in [0.25, 0.3) is 5.91 Å². The lowest BCUT2D eigenvalue weighted by molar-refractivity contribution is 0.103. The fourth-order valence-corrected chi connectivity index (χ4v) is 4.10. The number of amides is 1. The third kappa shape index (κ3) is 2.72. The number of aromatic nitrogens is 2. The fourth-order valence-electron chi connectivity index (χ4n) is 2.42. The van der Waals surface area contributed by atoms with Crippen molar-refractivity contribution in [3.05, 3.63) is 51.5 Å². The van der Waals surface area contributed by atoms with Crippen molar-refractivity contribution in [1.82, 2.24) is 9.97 Å².